The molecule has 3 rings (SSSR count). The van der Waals surface area contributed by atoms with Crippen molar-refractivity contribution in [1.29, 1.82) is 0 Å². The molecule has 1 saturated heterocycles. The zero-order valence-electron chi connectivity index (χ0n) is 18.8. The first-order valence-electron chi connectivity index (χ1n) is 10.9. The van der Waals surface area contributed by atoms with Gasteiger partial charge in [-0.15, -0.1) is 0 Å². The van der Waals surface area contributed by atoms with Gasteiger partial charge in [-0.1, -0.05) is 24.3 Å². The maximum atomic E-state index is 13.1. The molecule has 0 aliphatic carbocycles. The van der Waals surface area contributed by atoms with E-state index in [4.69, 9.17) is 4.74 Å². The Kier molecular flexibility index (Phi) is 9.01. The van der Waals surface area contributed by atoms with Gasteiger partial charge in [-0.3, -0.25) is 14.7 Å². The Hall–Kier alpha value is -2.97. The summed E-state index contributed by atoms with van der Waals surface area (Å²) in [5.74, 6) is 0.498. The Balaban J connectivity index is 1.47. The van der Waals surface area contributed by atoms with E-state index >= 15 is 0 Å². The molecule has 0 spiro atoms. The van der Waals surface area contributed by atoms with Gasteiger partial charge in [-0.05, 0) is 35.4 Å². The lowest BCUT2D eigenvalue weighted by Gasteiger charge is -2.26. The van der Waals surface area contributed by atoms with Gasteiger partial charge in [-0.2, -0.15) is 0 Å². The molecule has 0 aromatic heterocycles. The molecule has 172 valence electrons. The molecule has 1 aliphatic heterocycles. The van der Waals surface area contributed by atoms with Gasteiger partial charge < -0.3 is 20.3 Å². The number of carbonyl (C=O) groups is 1. The van der Waals surface area contributed by atoms with E-state index < -0.39 is 0 Å². The lowest BCUT2D eigenvalue weighted by Crippen LogP contribution is -2.38. The third-order valence-corrected chi connectivity index (χ3v) is 5.33. The highest BCUT2D eigenvalue weighted by Crippen LogP contribution is 2.12. The summed E-state index contributed by atoms with van der Waals surface area (Å²) in [6.07, 6.45) is 0.462. The molecule has 1 amide bonds. The number of halogens is 1. The van der Waals surface area contributed by atoms with Gasteiger partial charge in [-0.25, -0.2) is 4.39 Å². The Bertz CT molecular complexity index is 898. The lowest BCUT2D eigenvalue weighted by molar-refractivity contribution is -0.116. The van der Waals surface area contributed by atoms with Gasteiger partial charge in [0.2, 0.25) is 5.91 Å². The summed E-state index contributed by atoms with van der Waals surface area (Å²) in [7, 11) is 3.67. The maximum absolute atomic E-state index is 13.1. The van der Waals surface area contributed by atoms with Crippen molar-refractivity contribution < 1.29 is 13.9 Å². The van der Waals surface area contributed by atoms with Gasteiger partial charge in [0.15, 0.2) is 5.96 Å². The average molecular weight is 442 g/mol. The molecule has 0 bridgehead atoms. The Morgan fingerprint density at radius 3 is 2.62 bits per heavy atom. The molecule has 0 saturated carbocycles. The van der Waals surface area contributed by atoms with E-state index in [9.17, 15) is 9.18 Å². The molecule has 0 atom stereocenters. The smallest absolute Gasteiger partial charge is 0.225 e. The van der Waals surface area contributed by atoms with Crippen molar-refractivity contribution in [2.45, 2.75) is 19.5 Å². The number of nitrogens with zero attached hydrogens (tertiary/aromatic N) is 3. The largest absolute Gasteiger partial charge is 0.379 e. The fraction of sp³-hybridized carbons (Fsp3) is 0.417. The van der Waals surface area contributed by atoms with E-state index in [1.807, 2.05) is 36.2 Å². The standard InChI is InChI=1S/C24H32FN5O2/c1-26-24(29(2)18-19-6-8-21(25)9-7-19)27-17-20-4-3-5-22(16-20)28-23(31)10-11-30-12-14-32-15-13-30/h3-9,16H,10-15,17-18H2,1-2H3,(H,26,27)(H,28,31). The number of benzene rings is 2. The number of amides is 1. The summed E-state index contributed by atoms with van der Waals surface area (Å²) in [6, 6.07) is 14.2. The lowest BCUT2D eigenvalue weighted by atomic mass is 10.2. The molecular formula is C24H32FN5O2. The first-order chi connectivity index (χ1) is 15.5. The second-order valence-corrected chi connectivity index (χ2v) is 7.84. The highest BCUT2D eigenvalue weighted by Gasteiger charge is 2.12. The van der Waals surface area contributed by atoms with Gasteiger partial charge in [0.25, 0.3) is 0 Å². The van der Waals surface area contributed by atoms with E-state index in [1.165, 1.54) is 12.1 Å². The van der Waals surface area contributed by atoms with Crippen LogP contribution in [0.1, 0.15) is 17.5 Å². The quantitative estimate of drug-likeness (QED) is 0.487. The zero-order chi connectivity index (χ0) is 22.8. The minimum Gasteiger partial charge on any atom is -0.379 e. The van der Waals surface area contributed by atoms with Crippen LogP contribution in [0.3, 0.4) is 0 Å². The fourth-order valence-corrected chi connectivity index (χ4v) is 3.57. The Morgan fingerprint density at radius 2 is 1.91 bits per heavy atom. The average Bonchev–Trinajstić information content (AvgIpc) is 2.80. The first-order valence-corrected chi connectivity index (χ1v) is 10.9. The van der Waals surface area contributed by atoms with Crippen LogP contribution in [0.4, 0.5) is 10.1 Å². The van der Waals surface area contributed by atoms with Crippen molar-refractivity contribution in [3.8, 4) is 0 Å². The van der Waals surface area contributed by atoms with E-state index in [2.05, 4.69) is 20.5 Å². The van der Waals surface area contributed by atoms with Crippen molar-refractivity contribution in [3.05, 3.63) is 65.5 Å². The van der Waals surface area contributed by atoms with E-state index in [1.54, 1.807) is 19.2 Å². The number of ether oxygens (including phenoxy) is 1. The van der Waals surface area contributed by atoms with Crippen LogP contribution < -0.4 is 10.6 Å². The van der Waals surface area contributed by atoms with E-state index in [-0.39, 0.29) is 11.7 Å². The molecule has 32 heavy (non-hydrogen) atoms. The molecule has 2 aromatic carbocycles. The zero-order valence-corrected chi connectivity index (χ0v) is 18.8. The van der Waals surface area contributed by atoms with Gasteiger partial charge in [0, 0.05) is 58.9 Å². The van der Waals surface area contributed by atoms with Crippen LogP contribution in [0, 0.1) is 5.82 Å². The van der Waals surface area contributed by atoms with Crippen LogP contribution in [0.5, 0.6) is 0 Å². The number of hydrogen-bond donors (Lipinski definition) is 2. The highest BCUT2D eigenvalue weighted by atomic mass is 19.1. The van der Waals surface area contributed by atoms with Crippen molar-refractivity contribution >= 4 is 17.6 Å². The number of carbonyl (C=O) groups excluding carboxylic acids is 1. The summed E-state index contributed by atoms with van der Waals surface area (Å²) >= 11 is 0. The van der Waals surface area contributed by atoms with Crippen molar-refractivity contribution in [2.75, 3.05) is 52.3 Å². The molecule has 1 aliphatic rings. The van der Waals surface area contributed by atoms with Crippen molar-refractivity contribution in [2.24, 2.45) is 4.99 Å². The minimum atomic E-state index is -0.244. The van der Waals surface area contributed by atoms with Crippen molar-refractivity contribution in [3.63, 3.8) is 0 Å². The van der Waals surface area contributed by atoms with Crippen LogP contribution in [0.15, 0.2) is 53.5 Å². The van der Waals surface area contributed by atoms with Crippen LogP contribution in [-0.2, 0) is 22.6 Å². The third kappa shape index (κ3) is 7.62. The maximum Gasteiger partial charge on any atom is 0.225 e. The molecule has 7 nitrogen and oxygen atoms in total. The van der Waals surface area contributed by atoms with Gasteiger partial charge in [0.1, 0.15) is 5.82 Å². The topological polar surface area (TPSA) is 69.2 Å². The van der Waals surface area contributed by atoms with E-state index in [0.29, 0.717) is 19.5 Å². The molecule has 2 N–H and O–H groups in total. The second kappa shape index (κ2) is 12.2. The molecular weight excluding hydrogens is 409 g/mol. The normalized spacial score (nSPS) is 14.8. The molecule has 0 unspecified atom stereocenters. The summed E-state index contributed by atoms with van der Waals surface area (Å²) in [5, 5.41) is 6.32. The van der Waals surface area contributed by atoms with Gasteiger partial charge in [0.05, 0.1) is 13.2 Å². The highest BCUT2D eigenvalue weighted by molar-refractivity contribution is 5.90. The predicted molar refractivity (Wildman–Crippen MR) is 125 cm³/mol. The molecule has 0 radical (unpaired) electrons. The number of guanidine groups is 1. The molecule has 2 aromatic rings. The van der Waals surface area contributed by atoms with Gasteiger partial charge >= 0.3 is 0 Å². The third-order valence-electron chi connectivity index (χ3n) is 5.33. The van der Waals surface area contributed by atoms with Crippen LogP contribution >= 0.6 is 0 Å². The first kappa shape index (κ1) is 23.7. The van der Waals surface area contributed by atoms with Crippen LogP contribution in [0.25, 0.3) is 0 Å². The second-order valence-electron chi connectivity index (χ2n) is 7.84. The van der Waals surface area contributed by atoms with E-state index in [0.717, 1.165) is 55.6 Å². The predicted octanol–water partition coefficient (Wildman–Crippen LogP) is 2.69. The van der Waals surface area contributed by atoms with Crippen LogP contribution in [-0.4, -0.2) is 68.6 Å². The van der Waals surface area contributed by atoms with Crippen molar-refractivity contribution in [1.82, 2.24) is 15.1 Å². The Morgan fingerprint density at radius 1 is 1.16 bits per heavy atom. The number of rotatable bonds is 8. The number of hydrogen-bond acceptors (Lipinski definition) is 4. The minimum absolute atomic E-state index is 0.0106. The SMILES string of the molecule is CN=C(NCc1cccc(NC(=O)CCN2CCOCC2)c1)N(C)Cc1ccc(F)cc1. The molecule has 8 heteroatoms. The summed E-state index contributed by atoms with van der Waals surface area (Å²) in [4.78, 5) is 20.9. The van der Waals surface area contributed by atoms with Crippen LogP contribution in [0.2, 0.25) is 0 Å². The number of aliphatic imine (C=N–C) groups is 1. The summed E-state index contributed by atoms with van der Waals surface area (Å²) in [5.41, 5.74) is 2.82. The molecule has 1 fully saturated rings. The summed E-state index contributed by atoms with van der Waals surface area (Å²) in [6.45, 7) is 5.15. The molecule has 1 heterocycles. The monoisotopic (exact) mass is 441 g/mol. The number of nitrogens with one attached hydrogen (secondary N) is 2. The number of morpholine rings is 1. The number of anilines is 1. The summed E-state index contributed by atoms with van der Waals surface area (Å²) < 4.78 is 18.5. The fourth-order valence-electron chi connectivity index (χ4n) is 3.57. The Labute approximate surface area is 189 Å².